The highest BCUT2D eigenvalue weighted by Gasteiger charge is 2.28. The summed E-state index contributed by atoms with van der Waals surface area (Å²) in [7, 11) is 1.73. The van der Waals surface area contributed by atoms with Crippen molar-refractivity contribution in [3.05, 3.63) is 16.1 Å². The van der Waals surface area contributed by atoms with E-state index in [1.807, 2.05) is 0 Å². The van der Waals surface area contributed by atoms with Crippen molar-refractivity contribution in [3.63, 3.8) is 0 Å². The Labute approximate surface area is 121 Å². The second kappa shape index (κ2) is 6.83. The number of nitrogens with one attached hydrogen (secondary N) is 1. The van der Waals surface area contributed by atoms with E-state index in [1.165, 1.54) is 11.3 Å². The summed E-state index contributed by atoms with van der Waals surface area (Å²) in [4.78, 5) is 29.1. The molecule has 2 rings (SSSR count). The van der Waals surface area contributed by atoms with Crippen molar-refractivity contribution >= 4 is 35.6 Å². The van der Waals surface area contributed by atoms with Crippen LogP contribution in [0.5, 0.6) is 0 Å². The number of carbonyl (C=O) groups is 2. The molecule has 19 heavy (non-hydrogen) atoms. The Morgan fingerprint density at radius 1 is 1.68 bits per heavy atom. The zero-order chi connectivity index (χ0) is 13.1. The second-order valence-electron chi connectivity index (χ2n) is 4.31. The maximum atomic E-state index is 11.9. The molecule has 1 unspecified atom stereocenters. The first-order valence-electron chi connectivity index (χ1n) is 5.79. The standard InChI is InChI=1S/C11H16N4O2S.ClH/c1-15-5-7(4-10(15)16)13-11(17)8-6-18-9(14-8)2-3-12;/h6-7H,2-5,12H2,1H3,(H,13,17);1H. The molecule has 0 aliphatic carbocycles. The van der Waals surface area contributed by atoms with E-state index in [2.05, 4.69) is 10.3 Å². The molecule has 1 aromatic rings. The van der Waals surface area contributed by atoms with Crippen molar-refractivity contribution in [3.8, 4) is 0 Å². The van der Waals surface area contributed by atoms with Gasteiger partial charge in [0.25, 0.3) is 5.91 Å². The summed E-state index contributed by atoms with van der Waals surface area (Å²) >= 11 is 1.43. The summed E-state index contributed by atoms with van der Waals surface area (Å²) in [6, 6.07) is -0.116. The lowest BCUT2D eigenvalue weighted by Gasteiger charge is -2.11. The Morgan fingerprint density at radius 3 is 3.00 bits per heavy atom. The van der Waals surface area contributed by atoms with E-state index < -0.39 is 0 Å². The maximum Gasteiger partial charge on any atom is 0.271 e. The number of thiazole rings is 1. The molecule has 2 amide bonds. The van der Waals surface area contributed by atoms with Crippen LogP contribution < -0.4 is 11.1 Å². The van der Waals surface area contributed by atoms with Crippen molar-refractivity contribution in [2.45, 2.75) is 18.9 Å². The molecule has 1 aliphatic rings. The predicted octanol–water partition coefficient (Wildman–Crippen LogP) is 0.0266. The third kappa shape index (κ3) is 3.89. The van der Waals surface area contributed by atoms with Crippen LogP contribution >= 0.6 is 23.7 Å². The molecule has 0 bridgehead atoms. The zero-order valence-corrected chi connectivity index (χ0v) is 12.2. The molecule has 8 heteroatoms. The number of aromatic nitrogens is 1. The third-order valence-corrected chi connectivity index (χ3v) is 3.73. The molecule has 1 atom stereocenters. The molecule has 0 saturated carbocycles. The molecule has 1 aromatic heterocycles. The van der Waals surface area contributed by atoms with E-state index in [1.54, 1.807) is 17.3 Å². The van der Waals surface area contributed by atoms with Gasteiger partial charge >= 0.3 is 0 Å². The highest BCUT2D eigenvalue weighted by Crippen LogP contribution is 2.12. The molecule has 0 aromatic carbocycles. The minimum atomic E-state index is -0.220. The van der Waals surface area contributed by atoms with Crippen LogP contribution in [-0.4, -0.2) is 47.9 Å². The molecular weight excluding hydrogens is 288 g/mol. The van der Waals surface area contributed by atoms with Crippen molar-refractivity contribution in [2.24, 2.45) is 5.73 Å². The summed E-state index contributed by atoms with van der Waals surface area (Å²) in [5.74, 6) is -0.162. The predicted molar refractivity (Wildman–Crippen MR) is 75.6 cm³/mol. The lowest BCUT2D eigenvalue weighted by Crippen LogP contribution is -2.36. The minimum absolute atomic E-state index is 0. The molecule has 106 valence electrons. The Bertz CT molecular complexity index is 465. The highest BCUT2D eigenvalue weighted by molar-refractivity contribution is 7.09. The average molecular weight is 305 g/mol. The van der Waals surface area contributed by atoms with Crippen LogP contribution in [0.1, 0.15) is 21.9 Å². The largest absolute Gasteiger partial charge is 0.346 e. The van der Waals surface area contributed by atoms with E-state index in [0.717, 1.165) is 5.01 Å². The molecule has 0 spiro atoms. The molecule has 3 N–H and O–H groups in total. The van der Waals surface area contributed by atoms with E-state index in [9.17, 15) is 9.59 Å². The van der Waals surface area contributed by atoms with Gasteiger partial charge in [-0.15, -0.1) is 23.7 Å². The summed E-state index contributed by atoms with van der Waals surface area (Å²) < 4.78 is 0. The van der Waals surface area contributed by atoms with Gasteiger partial charge in [-0.3, -0.25) is 9.59 Å². The number of hydrogen-bond donors (Lipinski definition) is 2. The molecule has 6 nitrogen and oxygen atoms in total. The SMILES string of the molecule is CN1CC(NC(=O)c2csc(CCN)n2)CC1=O.Cl. The van der Waals surface area contributed by atoms with Crippen LogP contribution in [0.15, 0.2) is 5.38 Å². The Morgan fingerprint density at radius 2 is 2.42 bits per heavy atom. The summed E-state index contributed by atoms with van der Waals surface area (Å²) in [6.45, 7) is 1.08. The van der Waals surface area contributed by atoms with Crippen LogP contribution in [0.2, 0.25) is 0 Å². The van der Waals surface area contributed by atoms with Gasteiger partial charge in [0, 0.05) is 31.8 Å². The summed E-state index contributed by atoms with van der Waals surface area (Å²) in [5, 5.41) is 5.41. The molecule has 2 heterocycles. The smallest absolute Gasteiger partial charge is 0.271 e. The zero-order valence-electron chi connectivity index (χ0n) is 10.6. The van der Waals surface area contributed by atoms with Gasteiger partial charge < -0.3 is 16.0 Å². The molecule has 1 saturated heterocycles. The summed E-state index contributed by atoms with van der Waals surface area (Å²) in [6.07, 6.45) is 1.05. The Balaban J connectivity index is 0.00000180. The molecule has 1 aliphatic heterocycles. The van der Waals surface area contributed by atoms with E-state index >= 15 is 0 Å². The van der Waals surface area contributed by atoms with Crippen LogP contribution in [0.3, 0.4) is 0 Å². The van der Waals surface area contributed by atoms with Crippen molar-refractivity contribution in [1.82, 2.24) is 15.2 Å². The number of likely N-dealkylation sites (N-methyl/N-ethyl adjacent to an activating group) is 1. The van der Waals surface area contributed by atoms with Crippen LogP contribution in [-0.2, 0) is 11.2 Å². The molecular formula is C11H17ClN4O2S. The lowest BCUT2D eigenvalue weighted by molar-refractivity contribution is -0.126. The van der Waals surface area contributed by atoms with E-state index in [0.29, 0.717) is 31.6 Å². The van der Waals surface area contributed by atoms with Gasteiger partial charge in [0.1, 0.15) is 5.69 Å². The van der Waals surface area contributed by atoms with Crippen LogP contribution in [0.25, 0.3) is 0 Å². The average Bonchev–Trinajstić information content (AvgIpc) is 2.88. The van der Waals surface area contributed by atoms with E-state index in [4.69, 9.17) is 5.73 Å². The van der Waals surface area contributed by atoms with E-state index in [-0.39, 0.29) is 30.3 Å². The number of likely N-dealkylation sites (tertiary alicyclic amines) is 1. The van der Waals surface area contributed by atoms with Crippen molar-refractivity contribution < 1.29 is 9.59 Å². The number of hydrogen-bond acceptors (Lipinski definition) is 5. The van der Waals surface area contributed by atoms with Crippen molar-refractivity contribution in [2.75, 3.05) is 20.1 Å². The fourth-order valence-corrected chi connectivity index (χ4v) is 2.67. The Kier molecular flexibility index (Phi) is 5.71. The van der Waals surface area contributed by atoms with Crippen molar-refractivity contribution in [1.29, 1.82) is 0 Å². The maximum absolute atomic E-state index is 11.9. The molecule has 1 fully saturated rings. The van der Waals surface area contributed by atoms with Gasteiger partial charge in [-0.1, -0.05) is 0 Å². The number of amides is 2. The summed E-state index contributed by atoms with van der Waals surface area (Å²) in [5.41, 5.74) is 5.84. The Hall–Kier alpha value is -1.18. The van der Waals surface area contributed by atoms with Crippen LogP contribution in [0.4, 0.5) is 0 Å². The number of nitrogens with zero attached hydrogens (tertiary/aromatic N) is 2. The van der Waals surface area contributed by atoms with Gasteiger partial charge in [0.05, 0.1) is 11.0 Å². The fraction of sp³-hybridized carbons (Fsp3) is 0.545. The van der Waals surface area contributed by atoms with Gasteiger partial charge in [-0.25, -0.2) is 4.98 Å². The number of rotatable bonds is 4. The first-order chi connectivity index (χ1) is 8.60. The topological polar surface area (TPSA) is 88.3 Å². The fourth-order valence-electron chi connectivity index (χ4n) is 1.87. The quantitative estimate of drug-likeness (QED) is 0.821. The second-order valence-corrected chi connectivity index (χ2v) is 5.26. The third-order valence-electron chi connectivity index (χ3n) is 2.82. The first-order valence-corrected chi connectivity index (χ1v) is 6.67. The lowest BCUT2D eigenvalue weighted by atomic mass is 10.2. The van der Waals surface area contributed by atoms with Gasteiger partial charge in [-0.05, 0) is 6.54 Å². The minimum Gasteiger partial charge on any atom is -0.346 e. The monoisotopic (exact) mass is 304 g/mol. The number of carbonyl (C=O) groups excluding carboxylic acids is 2. The number of halogens is 1. The van der Waals surface area contributed by atoms with Gasteiger partial charge in [-0.2, -0.15) is 0 Å². The number of nitrogens with two attached hydrogens (primary N) is 1. The highest BCUT2D eigenvalue weighted by atomic mass is 35.5. The van der Waals surface area contributed by atoms with Gasteiger partial charge in [0.2, 0.25) is 5.91 Å². The first kappa shape index (κ1) is 15.9. The molecule has 0 radical (unpaired) electrons. The normalized spacial score (nSPS) is 18.3. The van der Waals surface area contributed by atoms with Crippen LogP contribution in [0, 0.1) is 0 Å². The van der Waals surface area contributed by atoms with Gasteiger partial charge in [0.15, 0.2) is 0 Å².